The van der Waals surface area contributed by atoms with Gasteiger partial charge in [-0.05, 0) is 6.92 Å². The predicted molar refractivity (Wildman–Crippen MR) is 78.8 cm³/mol. The highest BCUT2D eigenvalue weighted by Crippen LogP contribution is 2.35. The Labute approximate surface area is 131 Å². The molecule has 0 bridgehead atoms. The van der Waals surface area contributed by atoms with Crippen molar-refractivity contribution in [2.45, 2.75) is 13.3 Å². The predicted octanol–water partition coefficient (Wildman–Crippen LogP) is -0.580. The number of nitrogens with one attached hydrogen (secondary N) is 1. The molecule has 3 N–H and O–H groups in total. The maximum absolute atomic E-state index is 14.2. The third-order valence-corrected chi connectivity index (χ3v) is 4.16. The molecule has 0 saturated carbocycles. The monoisotopic (exact) mass is 322 g/mol. The van der Waals surface area contributed by atoms with Crippen LogP contribution in [0.2, 0.25) is 0 Å². The third-order valence-electron chi connectivity index (χ3n) is 4.16. The minimum absolute atomic E-state index is 0.0597. The van der Waals surface area contributed by atoms with E-state index >= 15 is 0 Å². The lowest BCUT2D eigenvalue weighted by molar-refractivity contribution is -0.132. The van der Waals surface area contributed by atoms with E-state index in [0.29, 0.717) is 11.3 Å². The van der Waals surface area contributed by atoms with Crippen LogP contribution in [0.1, 0.15) is 5.56 Å². The van der Waals surface area contributed by atoms with E-state index in [0.717, 1.165) is 0 Å². The Morgan fingerprint density at radius 2 is 2.30 bits per heavy atom. The first-order valence-corrected chi connectivity index (χ1v) is 7.10. The van der Waals surface area contributed by atoms with Gasteiger partial charge in [0.15, 0.2) is 5.69 Å². The van der Waals surface area contributed by atoms with Gasteiger partial charge in [0.1, 0.15) is 31.6 Å². The molecular weight excluding hydrogens is 305 g/mol. The SMILES string of the molecule is Cc1c(-n2cncn2)cc(F)cc1[N+]1(CCO)C(=O)CNC1O. The molecule has 122 valence electrons. The Hall–Kier alpha value is -2.20. The normalized spacial score (nSPS) is 24.3. The maximum Gasteiger partial charge on any atom is 0.336 e. The quantitative estimate of drug-likeness (QED) is 0.651. The summed E-state index contributed by atoms with van der Waals surface area (Å²) in [6.07, 6.45) is 1.49. The van der Waals surface area contributed by atoms with Crippen LogP contribution < -0.4 is 9.80 Å². The van der Waals surface area contributed by atoms with E-state index in [9.17, 15) is 19.4 Å². The fraction of sp³-hybridized carbons (Fsp3) is 0.357. The van der Waals surface area contributed by atoms with Gasteiger partial charge in [-0.2, -0.15) is 9.58 Å². The highest BCUT2D eigenvalue weighted by Gasteiger charge is 2.51. The van der Waals surface area contributed by atoms with Crippen LogP contribution in [-0.4, -0.2) is 56.9 Å². The van der Waals surface area contributed by atoms with Crippen LogP contribution in [-0.2, 0) is 4.79 Å². The first-order valence-electron chi connectivity index (χ1n) is 7.10. The van der Waals surface area contributed by atoms with Gasteiger partial charge in [-0.25, -0.2) is 24.2 Å². The van der Waals surface area contributed by atoms with E-state index < -0.39 is 16.7 Å². The van der Waals surface area contributed by atoms with Crippen LogP contribution in [0, 0.1) is 12.7 Å². The number of hydrogen-bond donors (Lipinski definition) is 3. The molecule has 1 aliphatic rings. The molecule has 1 fully saturated rings. The number of rotatable bonds is 4. The van der Waals surface area contributed by atoms with E-state index in [4.69, 9.17) is 0 Å². The zero-order chi connectivity index (χ0) is 16.6. The van der Waals surface area contributed by atoms with Gasteiger partial charge in [-0.15, -0.1) is 0 Å². The summed E-state index contributed by atoms with van der Waals surface area (Å²) >= 11 is 0. The third kappa shape index (κ3) is 2.34. The molecule has 1 aromatic carbocycles. The molecule has 3 rings (SSSR count). The van der Waals surface area contributed by atoms with Crippen molar-refractivity contribution in [2.24, 2.45) is 0 Å². The van der Waals surface area contributed by atoms with Crippen LogP contribution in [0.3, 0.4) is 0 Å². The number of aliphatic hydroxyl groups excluding tert-OH is 2. The van der Waals surface area contributed by atoms with Gasteiger partial charge in [0.25, 0.3) is 6.35 Å². The number of hydrogen-bond acceptors (Lipinski definition) is 6. The van der Waals surface area contributed by atoms with Crippen LogP contribution in [0.25, 0.3) is 5.69 Å². The molecule has 2 unspecified atom stereocenters. The average Bonchev–Trinajstić information content (AvgIpc) is 3.14. The van der Waals surface area contributed by atoms with Crippen LogP contribution >= 0.6 is 0 Å². The van der Waals surface area contributed by atoms with E-state index in [2.05, 4.69) is 15.4 Å². The molecule has 0 aliphatic carbocycles. The van der Waals surface area contributed by atoms with Gasteiger partial charge in [0, 0.05) is 17.7 Å². The highest BCUT2D eigenvalue weighted by atomic mass is 19.1. The molecule has 0 spiro atoms. The standard InChI is InChI=1S/C14H17FN5O3/c1-9-11(19-8-16-7-18-19)4-10(15)5-12(9)20(2-3-21)13(22)6-17-14(20)23/h4-5,7-8,14,17,21,23H,2-3,6H2,1H3/q+1. The van der Waals surface area contributed by atoms with E-state index in [1.807, 2.05) is 0 Å². The molecule has 0 radical (unpaired) electrons. The first-order chi connectivity index (χ1) is 11.0. The first kappa shape index (κ1) is 15.7. The average molecular weight is 322 g/mol. The lowest BCUT2D eigenvalue weighted by atomic mass is 10.1. The van der Waals surface area contributed by atoms with Gasteiger partial charge in [-0.3, -0.25) is 0 Å². The number of halogens is 1. The second kappa shape index (κ2) is 5.78. The smallest absolute Gasteiger partial charge is 0.336 e. The summed E-state index contributed by atoms with van der Waals surface area (Å²) in [7, 11) is 0. The number of nitrogens with zero attached hydrogens (tertiary/aromatic N) is 4. The van der Waals surface area contributed by atoms with Crippen molar-refractivity contribution in [1.29, 1.82) is 0 Å². The van der Waals surface area contributed by atoms with Crippen molar-refractivity contribution in [3.8, 4) is 5.69 Å². The van der Waals surface area contributed by atoms with Crippen molar-refractivity contribution >= 4 is 11.6 Å². The van der Waals surface area contributed by atoms with Gasteiger partial charge in [-0.1, -0.05) is 0 Å². The largest absolute Gasteiger partial charge is 0.390 e. The number of benzene rings is 1. The molecule has 1 amide bonds. The molecule has 2 aromatic rings. The van der Waals surface area contributed by atoms with Crippen molar-refractivity contribution in [3.63, 3.8) is 0 Å². The summed E-state index contributed by atoms with van der Waals surface area (Å²) in [5.41, 5.74) is 1.27. The zero-order valence-electron chi connectivity index (χ0n) is 12.5. The minimum atomic E-state index is -1.25. The number of carbonyl (C=O) groups excluding carboxylic acids is 1. The highest BCUT2D eigenvalue weighted by molar-refractivity contribution is 5.93. The summed E-state index contributed by atoms with van der Waals surface area (Å²) in [5, 5.41) is 26.3. The fourth-order valence-corrected chi connectivity index (χ4v) is 3.04. The van der Waals surface area contributed by atoms with E-state index in [1.54, 1.807) is 6.92 Å². The molecule has 8 nitrogen and oxygen atoms in total. The molecular formula is C14H17FN5O3+. The maximum atomic E-state index is 14.2. The van der Waals surface area contributed by atoms with Gasteiger partial charge >= 0.3 is 5.91 Å². The van der Waals surface area contributed by atoms with Gasteiger partial charge < -0.3 is 10.2 Å². The number of aliphatic hydroxyl groups is 2. The zero-order valence-corrected chi connectivity index (χ0v) is 12.5. The number of carbonyl (C=O) groups is 1. The van der Waals surface area contributed by atoms with Crippen molar-refractivity contribution < 1.29 is 19.4 Å². The van der Waals surface area contributed by atoms with Crippen LogP contribution in [0.4, 0.5) is 10.1 Å². The van der Waals surface area contributed by atoms with Crippen molar-refractivity contribution in [1.82, 2.24) is 24.6 Å². The second-order valence-electron chi connectivity index (χ2n) is 5.37. The summed E-state index contributed by atoms with van der Waals surface area (Å²) in [6.45, 7) is 1.25. The summed E-state index contributed by atoms with van der Waals surface area (Å²) in [4.78, 5) is 16.3. The Bertz CT molecular complexity index is 736. The van der Waals surface area contributed by atoms with Gasteiger partial charge in [0.2, 0.25) is 0 Å². The Kier molecular flexibility index (Phi) is 3.94. The van der Waals surface area contributed by atoms with Crippen molar-refractivity contribution in [3.05, 3.63) is 36.2 Å². The molecule has 1 aromatic heterocycles. The number of aromatic nitrogens is 3. The van der Waals surface area contributed by atoms with E-state index in [1.165, 1.54) is 29.5 Å². The summed E-state index contributed by atoms with van der Waals surface area (Å²) in [5.74, 6) is -0.914. The molecule has 23 heavy (non-hydrogen) atoms. The van der Waals surface area contributed by atoms with Crippen LogP contribution in [0.15, 0.2) is 24.8 Å². The Morgan fingerprint density at radius 3 is 2.87 bits per heavy atom. The Balaban J connectivity index is 2.24. The number of quaternary nitrogens is 1. The number of amides is 1. The van der Waals surface area contributed by atoms with Gasteiger partial charge in [0.05, 0.1) is 12.3 Å². The molecule has 2 heterocycles. The molecule has 1 aliphatic heterocycles. The lowest BCUT2D eigenvalue weighted by Crippen LogP contribution is -2.60. The molecule has 1 saturated heterocycles. The fourth-order valence-electron chi connectivity index (χ4n) is 3.04. The van der Waals surface area contributed by atoms with E-state index in [-0.39, 0.29) is 31.3 Å². The lowest BCUT2D eigenvalue weighted by Gasteiger charge is -2.34. The Morgan fingerprint density at radius 1 is 1.52 bits per heavy atom. The molecule has 9 heteroatoms. The summed E-state index contributed by atoms with van der Waals surface area (Å²) in [6, 6.07) is 2.49. The topological polar surface area (TPSA) is 100 Å². The second-order valence-corrected chi connectivity index (χ2v) is 5.37. The van der Waals surface area contributed by atoms with Crippen molar-refractivity contribution in [2.75, 3.05) is 19.7 Å². The van der Waals surface area contributed by atoms with Crippen LogP contribution in [0.5, 0.6) is 0 Å². The molecule has 2 atom stereocenters. The summed E-state index contributed by atoms with van der Waals surface area (Å²) < 4.78 is 15.0. The minimum Gasteiger partial charge on any atom is -0.390 e.